The molecule has 0 aliphatic carbocycles. The first-order valence-electron chi connectivity index (χ1n) is 10.6. The van der Waals surface area contributed by atoms with Gasteiger partial charge in [0.15, 0.2) is 0 Å². The van der Waals surface area contributed by atoms with E-state index in [1.54, 1.807) is 0 Å². The number of hydrogen-bond donors (Lipinski definition) is 1. The summed E-state index contributed by atoms with van der Waals surface area (Å²) < 4.78 is 11.0. The highest BCUT2D eigenvalue weighted by atomic mass is 16.5. The number of carbonyl (C=O) groups excluding carboxylic acids is 1. The number of nitrogens with one attached hydrogen (secondary N) is 1. The van der Waals surface area contributed by atoms with Crippen molar-refractivity contribution in [3.05, 3.63) is 59.7 Å². The molecule has 1 fully saturated rings. The Balaban J connectivity index is 1.59. The summed E-state index contributed by atoms with van der Waals surface area (Å²) in [5.41, 5.74) is 2.21. The molecule has 1 amide bonds. The van der Waals surface area contributed by atoms with Gasteiger partial charge in [-0.05, 0) is 75.2 Å². The molecule has 3 rings (SSSR count). The summed E-state index contributed by atoms with van der Waals surface area (Å²) in [4.78, 5) is 15.0. The number of rotatable bonds is 10. The summed E-state index contributed by atoms with van der Waals surface area (Å²) >= 11 is 0. The largest absolute Gasteiger partial charge is 0.494 e. The summed E-state index contributed by atoms with van der Waals surface area (Å²) in [6, 6.07) is 16.2. The van der Waals surface area contributed by atoms with Crippen LogP contribution in [0.1, 0.15) is 43.9 Å². The van der Waals surface area contributed by atoms with Crippen molar-refractivity contribution < 1.29 is 14.3 Å². The van der Waals surface area contributed by atoms with Crippen LogP contribution in [0.15, 0.2) is 48.5 Å². The van der Waals surface area contributed by atoms with E-state index in [4.69, 9.17) is 9.47 Å². The van der Waals surface area contributed by atoms with E-state index in [2.05, 4.69) is 22.3 Å². The average molecular weight is 397 g/mol. The van der Waals surface area contributed by atoms with Crippen LogP contribution in [0.5, 0.6) is 11.5 Å². The van der Waals surface area contributed by atoms with Gasteiger partial charge in [-0.15, -0.1) is 0 Å². The van der Waals surface area contributed by atoms with Gasteiger partial charge in [-0.2, -0.15) is 0 Å². The van der Waals surface area contributed by atoms with Crippen LogP contribution in [0.4, 0.5) is 0 Å². The second-order valence-electron chi connectivity index (χ2n) is 7.32. The zero-order valence-corrected chi connectivity index (χ0v) is 17.5. The van der Waals surface area contributed by atoms with Crippen molar-refractivity contribution in [2.75, 3.05) is 32.8 Å². The van der Waals surface area contributed by atoms with E-state index in [9.17, 15) is 4.79 Å². The standard InChI is InChI=1S/C24H32N2O3/c1-3-28-21-11-7-19(8-12-21)17-24(27)25-18-23(26-15-5-6-16-26)20-9-13-22(14-10-20)29-4-2/h7-14,23H,3-6,15-18H2,1-2H3,(H,25,27). The lowest BCUT2D eigenvalue weighted by atomic mass is 10.0. The lowest BCUT2D eigenvalue weighted by Crippen LogP contribution is -2.37. The molecule has 0 aromatic heterocycles. The van der Waals surface area contributed by atoms with Crippen LogP contribution in [0, 0.1) is 0 Å². The fourth-order valence-electron chi connectivity index (χ4n) is 3.79. The number of nitrogens with zero attached hydrogens (tertiary/aromatic N) is 1. The van der Waals surface area contributed by atoms with E-state index in [0.717, 1.165) is 30.2 Å². The molecule has 1 atom stereocenters. The summed E-state index contributed by atoms with van der Waals surface area (Å²) in [7, 11) is 0. The number of carbonyl (C=O) groups is 1. The number of amides is 1. The first kappa shape index (κ1) is 21.2. The van der Waals surface area contributed by atoms with Crippen molar-refractivity contribution >= 4 is 5.91 Å². The van der Waals surface area contributed by atoms with Gasteiger partial charge in [0.05, 0.1) is 25.7 Å². The second kappa shape index (κ2) is 10.9. The topological polar surface area (TPSA) is 50.8 Å². The van der Waals surface area contributed by atoms with E-state index in [-0.39, 0.29) is 11.9 Å². The van der Waals surface area contributed by atoms with E-state index >= 15 is 0 Å². The van der Waals surface area contributed by atoms with Gasteiger partial charge in [0.25, 0.3) is 0 Å². The molecule has 2 aromatic carbocycles. The van der Waals surface area contributed by atoms with Crippen LogP contribution >= 0.6 is 0 Å². The van der Waals surface area contributed by atoms with E-state index in [0.29, 0.717) is 26.2 Å². The van der Waals surface area contributed by atoms with Crippen molar-refractivity contribution in [1.29, 1.82) is 0 Å². The number of hydrogen-bond acceptors (Lipinski definition) is 4. The van der Waals surface area contributed by atoms with Crippen LogP contribution in [-0.2, 0) is 11.2 Å². The van der Waals surface area contributed by atoms with Crippen LogP contribution < -0.4 is 14.8 Å². The highest BCUT2D eigenvalue weighted by Gasteiger charge is 2.24. The quantitative estimate of drug-likeness (QED) is 0.660. The van der Waals surface area contributed by atoms with Crippen molar-refractivity contribution in [2.45, 2.75) is 39.2 Å². The van der Waals surface area contributed by atoms with E-state index in [1.807, 2.05) is 50.2 Å². The Hall–Kier alpha value is -2.53. The normalized spacial score (nSPS) is 15.1. The molecule has 0 saturated carbocycles. The fourth-order valence-corrected chi connectivity index (χ4v) is 3.79. The molecule has 2 aromatic rings. The van der Waals surface area contributed by atoms with Crippen molar-refractivity contribution in [3.63, 3.8) is 0 Å². The lowest BCUT2D eigenvalue weighted by molar-refractivity contribution is -0.120. The Bertz CT molecular complexity index is 753. The Kier molecular flexibility index (Phi) is 7.94. The predicted molar refractivity (Wildman–Crippen MR) is 115 cm³/mol. The molecular weight excluding hydrogens is 364 g/mol. The fraction of sp³-hybridized carbons (Fsp3) is 0.458. The molecule has 1 aliphatic heterocycles. The molecule has 29 heavy (non-hydrogen) atoms. The Morgan fingerprint density at radius 2 is 1.48 bits per heavy atom. The Morgan fingerprint density at radius 3 is 2.03 bits per heavy atom. The summed E-state index contributed by atoms with van der Waals surface area (Å²) in [5, 5.41) is 3.14. The molecular formula is C24H32N2O3. The third-order valence-corrected chi connectivity index (χ3v) is 5.25. The number of benzene rings is 2. The number of ether oxygens (including phenoxy) is 2. The van der Waals surface area contributed by atoms with Crippen molar-refractivity contribution in [3.8, 4) is 11.5 Å². The van der Waals surface area contributed by atoms with E-state index < -0.39 is 0 Å². The average Bonchev–Trinajstić information content (AvgIpc) is 3.26. The maximum Gasteiger partial charge on any atom is 0.224 e. The Morgan fingerprint density at radius 1 is 0.931 bits per heavy atom. The molecule has 1 N–H and O–H groups in total. The van der Waals surface area contributed by atoms with Crippen LogP contribution in [0.3, 0.4) is 0 Å². The Labute approximate surface area is 174 Å². The SMILES string of the molecule is CCOc1ccc(CC(=O)NCC(c2ccc(OCC)cc2)N2CCCC2)cc1. The minimum atomic E-state index is 0.0456. The maximum absolute atomic E-state index is 12.5. The lowest BCUT2D eigenvalue weighted by Gasteiger charge is -2.28. The van der Waals surface area contributed by atoms with Gasteiger partial charge in [-0.25, -0.2) is 0 Å². The maximum atomic E-state index is 12.5. The molecule has 1 saturated heterocycles. The monoisotopic (exact) mass is 396 g/mol. The molecule has 1 unspecified atom stereocenters. The summed E-state index contributed by atoms with van der Waals surface area (Å²) in [6.45, 7) is 8.02. The molecule has 0 spiro atoms. The van der Waals surface area contributed by atoms with E-state index in [1.165, 1.54) is 18.4 Å². The van der Waals surface area contributed by atoms with Gasteiger partial charge >= 0.3 is 0 Å². The molecule has 1 heterocycles. The zero-order chi connectivity index (χ0) is 20.5. The third kappa shape index (κ3) is 6.23. The van der Waals surface area contributed by atoms with Crippen LogP contribution in [0.25, 0.3) is 0 Å². The third-order valence-electron chi connectivity index (χ3n) is 5.25. The first-order chi connectivity index (χ1) is 14.2. The van der Waals surface area contributed by atoms with Gasteiger partial charge in [0, 0.05) is 6.54 Å². The minimum Gasteiger partial charge on any atom is -0.494 e. The smallest absolute Gasteiger partial charge is 0.224 e. The molecule has 0 bridgehead atoms. The summed E-state index contributed by atoms with van der Waals surface area (Å²) in [6.07, 6.45) is 2.81. The molecule has 1 aliphatic rings. The van der Waals surface area contributed by atoms with Crippen LogP contribution in [0.2, 0.25) is 0 Å². The zero-order valence-electron chi connectivity index (χ0n) is 17.5. The first-order valence-corrected chi connectivity index (χ1v) is 10.6. The molecule has 5 heteroatoms. The predicted octanol–water partition coefficient (Wildman–Crippen LogP) is 3.98. The molecule has 156 valence electrons. The highest BCUT2D eigenvalue weighted by molar-refractivity contribution is 5.78. The van der Waals surface area contributed by atoms with Crippen molar-refractivity contribution in [1.82, 2.24) is 10.2 Å². The van der Waals surface area contributed by atoms with Gasteiger partial charge in [-0.3, -0.25) is 9.69 Å². The van der Waals surface area contributed by atoms with Crippen LogP contribution in [-0.4, -0.2) is 43.7 Å². The van der Waals surface area contributed by atoms with Gasteiger partial charge in [0.2, 0.25) is 5.91 Å². The van der Waals surface area contributed by atoms with Gasteiger partial charge < -0.3 is 14.8 Å². The van der Waals surface area contributed by atoms with Gasteiger partial charge in [0.1, 0.15) is 11.5 Å². The second-order valence-corrected chi connectivity index (χ2v) is 7.32. The molecule has 0 radical (unpaired) electrons. The highest BCUT2D eigenvalue weighted by Crippen LogP contribution is 2.26. The van der Waals surface area contributed by atoms with Gasteiger partial charge in [-0.1, -0.05) is 24.3 Å². The molecule has 5 nitrogen and oxygen atoms in total. The minimum absolute atomic E-state index is 0.0456. The summed E-state index contributed by atoms with van der Waals surface area (Å²) in [5.74, 6) is 1.77. The number of likely N-dealkylation sites (tertiary alicyclic amines) is 1. The van der Waals surface area contributed by atoms with Crippen molar-refractivity contribution in [2.24, 2.45) is 0 Å².